The lowest BCUT2D eigenvalue weighted by Crippen LogP contribution is -2.32. The molecule has 0 heterocycles. The maximum absolute atomic E-state index is 13.4. The van der Waals surface area contributed by atoms with Crippen LogP contribution >= 0.6 is 11.6 Å². The molecule has 0 spiro atoms. The first kappa shape index (κ1) is 24.6. The Labute approximate surface area is 201 Å². The lowest BCUT2D eigenvalue weighted by molar-refractivity contribution is 0.0793. The molecule has 33 heavy (non-hydrogen) atoms. The predicted octanol–water partition coefficient (Wildman–Crippen LogP) is 5.43. The normalized spacial score (nSPS) is 11.1. The van der Waals surface area contributed by atoms with Crippen molar-refractivity contribution in [3.63, 3.8) is 0 Å². The molecule has 0 unspecified atom stereocenters. The van der Waals surface area contributed by atoms with Crippen LogP contribution in [0.3, 0.4) is 0 Å². The smallest absolute Gasteiger partial charge is 0.264 e. The number of aryl methyl sites for hydroxylation is 1. The van der Waals surface area contributed by atoms with Crippen molar-refractivity contribution in [3.8, 4) is 0 Å². The van der Waals surface area contributed by atoms with E-state index in [1.165, 1.54) is 28.1 Å². The average molecular weight is 483 g/mol. The van der Waals surface area contributed by atoms with Crippen molar-refractivity contribution in [1.29, 1.82) is 0 Å². The van der Waals surface area contributed by atoms with Crippen molar-refractivity contribution in [2.45, 2.75) is 17.7 Å². The molecular weight excluding hydrogens is 456 g/mol. The first-order valence-corrected chi connectivity index (χ1v) is 12.4. The molecule has 0 aliphatic rings. The molecule has 3 aromatic rings. The second-order valence-electron chi connectivity index (χ2n) is 7.62. The Morgan fingerprint density at radius 2 is 1.70 bits per heavy atom. The summed E-state index contributed by atoms with van der Waals surface area (Å²) >= 11 is 6.26. The van der Waals surface area contributed by atoms with Crippen molar-refractivity contribution in [2.24, 2.45) is 0 Å². The van der Waals surface area contributed by atoms with Crippen LogP contribution in [0.15, 0.2) is 96.4 Å². The van der Waals surface area contributed by atoms with Gasteiger partial charge in [-0.25, -0.2) is 8.42 Å². The van der Waals surface area contributed by atoms with Gasteiger partial charge in [0.25, 0.3) is 15.9 Å². The summed E-state index contributed by atoms with van der Waals surface area (Å²) < 4.78 is 28.1. The molecule has 0 atom stereocenters. The van der Waals surface area contributed by atoms with Gasteiger partial charge in [0.05, 0.1) is 22.2 Å². The minimum absolute atomic E-state index is 0.0211. The van der Waals surface area contributed by atoms with Crippen LogP contribution in [0.25, 0.3) is 0 Å². The quantitative estimate of drug-likeness (QED) is 0.362. The number of benzene rings is 3. The Hall–Kier alpha value is -3.09. The highest BCUT2D eigenvalue weighted by molar-refractivity contribution is 7.92. The fourth-order valence-corrected chi connectivity index (χ4v) is 5.29. The van der Waals surface area contributed by atoms with E-state index in [1.807, 2.05) is 18.2 Å². The molecule has 0 aliphatic heterocycles. The zero-order valence-corrected chi connectivity index (χ0v) is 20.1. The third-order valence-corrected chi connectivity index (χ3v) is 7.33. The maximum Gasteiger partial charge on any atom is 0.264 e. The van der Waals surface area contributed by atoms with E-state index in [4.69, 9.17) is 11.6 Å². The largest absolute Gasteiger partial charge is 0.342 e. The van der Waals surface area contributed by atoms with E-state index in [0.29, 0.717) is 22.8 Å². The molecular formula is C26H27ClN2O3S. The van der Waals surface area contributed by atoms with Gasteiger partial charge in [-0.2, -0.15) is 0 Å². The Morgan fingerprint density at radius 1 is 1.00 bits per heavy atom. The second kappa shape index (κ2) is 11.2. The molecule has 0 aromatic heterocycles. The SMILES string of the molecule is C=CCN(c1ccccc1Cl)S(=O)(=O)c1cccc(C(=O)N(C)CCCc2ccccc2)c1. The molecule has 0 aliphatic carbocycles. The molecule has 7 heteroatoms. The van der Waals surface area contributed by atoms with Gasteiger partial charge in [0.15, 0.2) is 0 Å². The summed E-state index contributed by atoms with van der Waals surface area (Å²) in [4.78, 5) is 14.6. The third kappa shape index (κ3) is 6.03. The van der Waals surface area contributed by atoms with Crippen LogP contribution in [0, 0.1) is 0 Å². The summed E-state index contributed by atoms with van der Waals surface area (Å²) in [7, 11) is -2.24. The summed E-state index contributed by atoms with van der Waals surface area (Å²) in [6.45, 7) is 4.28. The Kier molecular flexibility index (Phi) is 8.31. The van der Waals surface area contributed by atoms with Crippen LogP contribution in [-0.4, -0.2) is 39.4 Å². The molecule has 0 saturated heterocycles. The van der Waals surface area contributed by atoms with Gasteiger partial charge < -0.3 is 4.90 Å². The first-order chi connectivity index (χ1) is 15.8. The number of rotatable bonds is 10. The predicted molar refractivity (Wildman–Crippen MR) is 134 cm³/mol. The summed E-state index contributed by atoms with van der Waals surface area (Å²) in [6.07, 6.45) is 3.17. The molecule has 0 fully saturated rings. The van der Waals surface area contributed by atoms with E-state index in [-0.39, 0.29) is 17.3 Å². The van der Waals surface area contributed by atoms with E-state index >= 15 is 0 Å². The van der Waals surface area contributed by atoms with Crippen LogP contribution in [0.2, 0.25) is 5.02 Å². The summed E-state index contributed by atoms with van der Waals surface area (Å²) in [5.41, 5.74) is 1.89. The van der Waals surface area contributed by atoms with Gasteiger partial charge in [-0.1, -0.05) is 66.2 Å². The Bertz CT molecular complexity index is 1210. The fraction of sp³-hybridized carbons (Fsp3) is 0.192. The summed E-state index contributed by atoms with van der Waals surface area (Å²) in [5, 5.41) is 0.313. The molecule has 5 nitrogen and oxygen atoms in total. The molecule has 3 rings (SSSR count). The second-order valence-corrected chi connectivity index (χ2v) is 9.89. The van der Waals surface area contributed by atoms with Crippen LogP contribution in [-0.2, 0) is 16.4 Å². The number of hydrogen-bond donors (Lipinski definition) is 0. The average Bonchev–Trinajstić information content (AvgIpc) is 2.83. The Morgan fingerprint density at radius 3 is 2.39 bits per heavy atom. The molecule has 0 radical (unpaired) electrons. The van der Waals surface area contributed by atoms with Gasteiger partial charge >= 0.3 is 0 Å². The molecule has 0 N–H and O–H groups in total. The topological polar surface area (TPSA) is 57.7 Å². The molecule has 1 amide bonds. The highest BCUT2D eigenvalue weighted by Gasteiger charge is 2.26. The highest BCUT2D eigenvalue weighted by Crippen LogP contribution is 2.30. The van der Waals surface area contributed by atoms with Gasteiger partial charge in [-0.15, -0.1) is 6.58 Å². The third-order valence-electron chi connectivity index (χ3n) is 5.23. The summed E-state index contributed by atoms with van der Waals surface area (Å²) in [6, 6.07) is 22.9. The van der Waals surface area contributed by atoms with Crippen molar-refractivity contribution in [1.82, 2.24) is 4.90 Å². The molecule has 172 valence electrons. The van der Waals surface area contributed by atoms with E-state index in [9.17, 15) is 13.2 Å². The number of para-hydroxylation sites is 1. The number of anilines is 1. The number of amides is 1. The molecule has 3 aromatic carbocycles. The number of carbonyl (C=O) groups excluding carboxylic acids is 1. The van der Waals surface area contributed by atoms with E-state index in [1.54, 1.807) is 48.3 Å². The maximum atomic E-state index is 13.4. The lowest BCUT2D eigenvalue weighted by atomic mass is 10.1. The van der Waals surface area contributed by atoms with Gasteiger partial charge in [-0.3, -0.25) is 9.10 Å². The van der Waals surface area contributed by atoms with Crippen LogP contribution in [0.5, 0.6) is 0 Å². The van der Waals surface area contributed by atoms with E-state index in [0.717, 1.165) is 12.8 Å². The fourth-order valence-electron chi connectivity index (χ4n) is 3.50. The van der Waals surface area contributed by atoms with Crippen LogP contribution < -0.4 is 4.31 Å². The monoisotopic (exact) mass is 482 g/mol. The van der Waals surface area contributed by atoms with Crippen LogP contribution in [0.1, 0.15) is 22.3 Å². The molecule has 0 bridgehead atoms. The van der Waals surface area contributed by atoms with Crippen molar-refractivity contribution in [3.05, 3.63) is 108 Å². The highest BCUT2D eigenvalue weighted by atomic mass is 35.5. The van der Waals surface area contributed by atoms with E-state index in [2.05, 4.69) is 18.7 Å². The number of hydrogen-bond acceptors (Lipinski definition) is 3. The minimum Gasteiger partial charge on any atom is -0.342 e. The summed E-state index contributed by atoms with van der Waals surface area (Å²) in [5.74, 6) is -0.229. The van der Waals surface area contributed by atoms with Crippen molar-refractivity contribution < 1.29 is 13.2 Å². The van der Waals surface area contributed by atoms with Gasteiger partial charge in [-0.05, 0) is 48.7 Å². The number of nitrogens with zero attached hydrogens (tertiary/aromatic N) is 2. The lowest BCUT2D eigenvalue weighted by Gasteiger charge is -2.24. The number of halogens is 1. The van der Waals surface area contributed by atoms with Crippen molar-refractivity contribution in [2.75, 3.05) is 24.4 Å². The van der Waals surface area contributed by atoms with Gasteiger partial charge in [0.2, 0.25) is 0 Å². The standard InChI is InChI=1S/C26H27ClN2O3S/c1-3-18-29(25-17-8-7-16-24(25)27)33(31,32)23-15-9-14-22(20-23)26(30)28(2)19-10-13-21-11-5-4-6-12-21/h3-9,11-12,14-17,20H,1,10,13,18-19H2,2H3. The van der Waals surface area contributed by atoms with Crippen molar-refractivity contribution >= 4 is 33.2 Å². The number of sulfonamides is 1. The number of carbonyl (C=O) groups is 1. The zero-order chi connectivity index (χ0) is 23.8. The van der Waals surface area contributed by atoms with Gasteiger partial charge in [0, 0.05) is 19.2 Å². The van der Waals surface area contributed by atoms with Gasteiger partial charge in [0.1, 0.15) is 0 Å². The molecule has 0 saturated carbocycles. The minimum atomic E-state index is -3.97. The van der Waals surface area contributed by atoms with Crippen LogP contribution in [0.4, 0.5) is 5.69 Å². The Balaban J connectivity index is 1.78. The zero-order valence-electron chi connectivity index (χ0n) is 18.5. The first-order valence-electron chi connectivity index (χ1n) is 10.6. The van der Waals surface area contributed by atoms with E-state index < -0.39 is 10.0 Å².